The Kier molecular flexibility index (Phi) is 3.82. The maximum absolute atomic E-state index is 11.2. The first kappa shape index (κ1) is 15.0. The Morgan fingerprint density at radius 1 is 1.29 bits per heavy atom. The van der Waals surface area contributed by atoms with Gasteiger partial charge < -0.3 is 20.9 Å². The molecule has 2 aliphatic heterocycles. The van der Waals surface area contributed by atoms with Gasteiger partial charge in [-0.25, -0.2) is 0 Å². The second-order valence-electron chi connectivity index (χ2n) is 5.77. The zero-order valence-corrected chi connectivity index (χ0v) is 14.0. The van der Waals surface area contributed by atoms with Crippen molar-refractivity contribution in [1.82, 2.24) is 15.6 Å². The molecule has 0 saturated heterocycles. The predicted molar refractivity (Wildman–Crippen MR) is 99.9 cm³/mol. The number of hydrogen-bond donors (Lipinski definition) is 4. The summed E-state index contributed by atoms with van der Waals surface area (Å²) in [5.41, 5.74) is 5.63. The van der Waals surface area contributed by atoms with E-state index in [4.69, 9.17) is 0 Å². The van der Waals surface area contributed by atoms with Crippen molar-refractivity contribution >= 4 is 40.8 Å². The first-order chi connectivity index (χ1) is 11.7. The molecule has 0 saturated carbocycles. The largest absolute Gasteiger partial charge is 0.367 e. The predicted octanol–water partition coefficient (Wildman–Crippen LogP) is 3.04. The summed E-state index contributed by atoms with van der Waals surface area (Å²) in [6.07, 6.45) is 4.23. The molecule has 0 bridgehead atoms. The van der Waals surface area contributed by atoms with Gasteiger partial charge in [0.25, 0.3) is 0 Å². The van der Waals surface area contributed by atoms with E-state index < -0.39 is 0 Å². The van der Waals surface area contributed by atoms with Crippen LogP contribution in [-0.2, 0) is 4.79 Å². The number of H-pyrrole nitrogens is 1. The lowest BCUT2D eigenvalue weighted by Crippen LogP contribution is -2.38. The standard InChI is InChI=1S/C18H18N4OS/c1-11(23)21-18-22-16(10-24-18)15-9-20-17-14(15)7-13(8-19-17)12-5-3-2-4-6-12/h2-7,9-10,18-20,22H,8H2,1H3,(H,21,23). The molecule has 6 heteroatoms. The van der Waals surface area contributed by atoms with E-state index in [0.29, 0.717) is 0 Å². The highest BCUT2D eigenvalue weighted by Gasteiger charge is 2.23. The topological polar surface area (TPSA) is 69.0 Å². The zero-order valence-electron chi connectivity index (χ0n) is 13.2. The van der Waals surface area contributed by atoms with Crippen molar-refractivity contribution in [2.45, 2.75) is 12.4 Å². The number of nitrogens with one attached hydrogen (secondary N) is 4. The minimum atomic E-state index is -0.114. The number of fused-ring (bicyclic) bond motifs is 1. The van der Waals surface area contributed by atoms with E-state index in [2.05, 4.69) is 56.7 Å². The molecule has 2 aromatic rings. The average molecular weight is 338 g/mol. The lowest BCUT2D eigenvalue weighted by atomic mass is 9.98. The van der Waals surface area contributed by atoms with E-state index in [1.54, 1.807) is 11.8 Å². The van der Waals surface area contributed by atoms with Crippen molar-refractivity contribution < 1.29 is 4.79 Å². The van der Waals surface area contributed by atoms with Crippen LogP contribution in [0.3, 0.4) is 0 Å². The van der Waals surface area contributed by atoms with Crippen LogP contribution in [0, 0.1) is 0 Å². The van der Waals surface area contributed by atoms with E-state index in [1.165, 1.54) is 18.1 Å². The van der Waals surface area contributed by atoms with Crippen LogP contribution < -0.4 is 16.0 Å². The number of thioether (sulfide) groups is 1. The fourth-order valence-corrected chi connectivity index (χ4v) is 3.84. The highest BCUT2D eigenvalue weighted by Crippen LogP contribution is 2.35. The van der Waals surface area contributed by atoms with Gasteiger partial charge in [-0.3, -0.25) is 4.79 Å². The molecular formula is C18H18N4OS. The van der Waals surface area contributed by atoms with Crippen LogP contribution >= 0.6 is 11.8 Å². The number of carbonyl (C=O) groups excluding carboxylic acids is 1. The summed E-state index contributed by atoms with van der Waals surface area (Å²) < 4.78 is 0. The van der Waals surface area contributed by atoms with Gasteiger partial charge >= 0.3 is 0 Å². The van der Waals surface area contributed by atoms with E-state index >= 15 is 0 Å². The third-order valence-electron chi connectivity index (χ3n) is 4.07. The van der Waals surface area contributed by atoms with Crippen LogP contribution in [0.2, 0.25) is 0 Å². The minimum Gasteiger partial charge on any atom is -0.367 e. The molecule has 1 atom stereocenters. The van der Waals surface area contributed by atoms with Gasteiger partial charge in [0.15, 0.2) is 5.50 Å². The number of aromatic nitrogens is 1. The summed E-state index contributed by atoms with van der Waals surface area (Å²) in [5.74, 6) is 0.985. The number of hydrogen-bond acceptors (Lipinski definition) is 4. The zero-order chi connectivity index (χ0) is 16.5. The van der Waals surface area contributed by atoms with Crippen molar-refractivity contribution in [3.63, 3.8) is 0 Å². The van der Waals surface area contributed by atoms with Gasteiger partial charge in [0, 0.05) is 30.8 Å². The SMILES string of the molecule is CC(=O)NC1NC(c2c[nH]c3c2C=C(c2ccccc2)CN3)=CS1. The number of carbonyl (C=O) groups is 1. The molecule has 2 aliphatic rings. The molecular weight excluding hydrogens is 320 g/mol. The fourth-order valence-electron chi connectivity index (χ4n) is 2.94. The number of rotatable bonds is 3. The lowest BCUT2D eigenvalue weighted by Gasteiger charge is -2.18. The van der Waals surface area contributed by atoms with Gasteiger partial charge in [0.2, 0.25) is 5.91 Å². The van der Waals surface area contributed by atoms with E-state index in [9.17, 15) is 4.79 Å². The Hall–Kier alpha value is -2.60. The monoisotopic (exact) mass is 338 g/mol. The molecule has 3 heterocycles. The number of amides is 1. The van der Waals surface area contributed by atoms with Crippen molar-refractivity contribution in [3.8, 4) is 0 Å². The van der Waals surface area contributed by atoms with Crippen molar-refractivity contribution in [2.24, 2.45) is 0 Å². The average Bonchev–Trinajstić information content (AvgIpc) is 3.21. The van der Waals surface area contributed by atoms with Gasteiger partial charge in [0.1, 0.15) is 5.82 Å². The Morgan fingerprint density at radius 2 is 2.12 bits per heavy atom. The van der Waals surface area contributed by atoms with Crippen LogP contribution in [0.4, 0.5) is 5.82 Å². The summed E-state index contributed by atoms with van der Waals surface area (Å²) >= 11 is 1.56. The summed E-state index contributed by atoms with van der Waals surface area (Å²) in [4.78, 5) is 14.5. The van der Waals surface area contributed by atoms with Crippen LogP contribution in [0.15, 0.2) is 41.9 Å². The van der Waals surface area contributed by atoms with Gasteiger partial charge in [-0.1, -0.05) is 42.1 Å². The molecule has 4 rings (SSSR count). The number of benzene rings is 1. The Labute approximate surface area is 144 Å². The summed E-state index contributed by atoms with van der Waals surface area (Å²) in [6, 6.07) is 10.4. The van der Waals surface area contributed by atoms with Crippen LogP contribution in [0.25, 0.3) is 17.3 Å². The lowest BCUT2D eigenvalue weighted by molar-refractivity contribution is -0.119. The molecule has 0 spiro atoms. The third-order valence-corrected chi connectivity index (χ3v) is 4.95. The van der Waals surface area contributed by atoms with Crippen molar-refractivity contribution in [1.29, 1.82) is 0 Å². The minimum absolute atomic E-state index is 0.0429. The van der Waals surface area contributed by atoms with E-state index in [0.717, 1.165) is 29.2 Å². The second kappa shape index (κ2) is 6.13. The Morgan fingerprint density at radius 3 is 2.92 bits per heavy atom. The number of anilines is 1. The van der Waals surface area contributed by atoms with E-state index in [1.807, 2.05) is 12.3 Å². The van der Waals surface area contributed by atoms with Gasteiger partial charge in [-0.2, -0.15) is 0 Å². The molecule has 1 aromatic heterocycles. The second-order valence-corrected chi connectivity index (χ2v) is 6.75. The maximum Gasteiger partial charge on any atom is 0.219 e. The van der Waals surface area contributed by atoms with Gasteiger partial charge in [-0.05, 0) is 22.6 Å². The molecule has 1 aromatic carbocycles. The summed E-state index contributed by atoms with van der Waals surface area (Å²) in [5, 5.41) is 11.7. The Bertz CT molecular complexity index is 838. The molecule has 1 unspecified atom stereocenters. The Balaban J connectivity index is 1.62. The van der Waals surface area contributed by atoms with Gasteiger partial charge in [0.05, 0.1) is 5.70 Å². The molecule has 0 radical (unpaired) electrons. The molecule has 0 aliphatic carbocycles. The molecule has 24 heavy (non-hydrogen) atoms. The van der Waals surface area contributed by atoms with Crippen molar-refractivity contribution in [3.05, 3.63) is 58.6 Å². The highest BCUT2D eigenvalue weighted by molar-refractivity contribution is 8.03. The van der Waals surface area contributed by atoms with Gasteiger partial charge in [-0.15, -0.1) is 0 Å². The summed E-state index contributed by atoms with van der Waals surface area (Å²) in [6.45, 7) is 2.32. The molecule has 122 valence electrons. The molecule has 0 fully saturated rings. The fraction of sp³-hybridized carbons (Fsp3) is 0.167. The molecule has 5 nitrogen and oxygen atoms in total. The smallest absolute Gasteiger partial charge is 0.219 e. The van der Waals surface area contributed by atoms with Crippen molar-refractivity contribution in [2.75, 3.05) is 11.9 Å². The van der Waals surface area contributed by atoms with Crippen LogP contribution in [0.1, 0.15) is 23.6 Å². The normalized spacial score (nSPS) is 18.8. The highest BCUT2D eigenvalue weighted by atomic mass is 32.2. The first-order valence-corrected chi connectivity index (χ1v) is 8.76. The number of aromatic amines is 1. The summed E-state index contributed by atoms with van der Waals surface area (Å²) in [7, 11) is 0. The molecule has 1 amide bonds. The van der Waals surface area contributed by atoms with Crippen LogP contribution in [0.5, 0.6) is 0 Å². The van der Waals surface area contributed by atoms with E-state index in [-0.39, 0.29) is 11.4 Å². The maximum atomic E-state index is 11.2. The van der Waals surface area contributed by atoms with Crippen LogP contribution in [-0.4, -0.2) is 22.9 Å². The third kappa shape index (κ3) is 2.80. The molecule has 4 N–H and O–H groups in total. The first-order valence-electron chi connectivity index (χ1n) is 7.81. The quantitative estimate of drug-likeness (QED) is 0.694.